The second-order valence-corrected chi connectivity index (χ2v) is 6.81. The van der Waals surface area contributed by atoms with E-state index in [2.05, 4.69) is 29.6 Å². The van der Waals surface area contributed by atoms with Gasteiger partial charge in [-0.25, -0.2) is 4.79 Å². The van der Waals surface area contributed by atoms with Gasteiger partial charge in [-0.3, -0.25) is 4.79 Å². The number of benzene rings is 1. The Labute approximate surface area is 131 Å². The van der Waals surface area contributed by atoms with Crippen LogP contribution in [0.25, 0.3) is 0 Å². The highest BCUT2D eigenvalue weighted by Gasteiger charge is 2.30. The molecule has 0 unspecified atom stereocenters. The van der Waals surface area contributed by atoms with E-state index in [1.54, 1.807) is 0 Å². The first kappa shape index (κ1) is 16.5. The Balaban J connectivity index is 1.80. The zero-order chi connectivity index (χ0) is 16.2. The van der Waals surface area contributed by atoms with E-state index < -0.39 is 11.5 Å². The summed E-state index contributed by atoms with van der Waals surface area (Å²) in [5, 5.41) is 11.6. The van der Waals surface area contributed by atoms with Gasteiger partial charge >= 0.3 is 5.97 Å². The fourth-order valence-electron chi connectivity index (χ4n) is 3.14. The molecule has 0 aromatic heterocycles. The van der Waals surface area contributed by atoms with Gasteiger partial charge < -0.3 is 10.4 Å². The molecule has 0 atom stereocenters. The molecular formula is C18H25NO3. The average molecular weight is 303 g/mol. The van der Waals surface area contributed by atoms with Gasteiger partial charge in [0.25, 0.3) is 0 Å². The van der Waals surface area contributed by atoms with Crippen molar-refractivity contribution in [1.29, 1.82) is 0 Å². The summed E-state index contributed by atoms with van der Waals surface area (Å²) in [5.41, 5.74) is 0.190. The van der Waals surface area contributed by atoms with Crippen molar-refractivity contribution in [2.75, 3.05) is 0 Å². The second kappa shape index (κ2) is 6.95. The Bertz CT molecular complexity index is 516. The zero-order valence-corrected chi connectivity index (χ0v) is 13.3. The van der Waals surface area contributed by atoms with Crippen LogP contribution in [0.1, 0.15) is 57.4 Å². The minimum Gasteiger partial charge on any atom is -0.480 e. The summed E-state index contributed by atoms with van der Waals surface area (Å²) >= 11 is 0. The smallest absolute Gasteiger partial charge is 0.328 e. The van der Waals surface area contributed by atoms with Crippen LogP contribution < -0.4 is 5.32 Å². The average Bonchev–Trinajstić information content (AvgIpc) is 2.48. The van der Waals surface area contributed by atoms with Crippen molar-refractivity contribution in [3.8, 4) is 0 Å². The van der Waals surface area contributed by atoms with Crippen LogP contribution >= 0.6 is 0 Å². The number of amides is 1. The van der Waals surface area contributed by atoms with Crippen molar-refractivity contribution in [3.05, 3.63) is 35.9 Å². The van der Waals surface area contributed by atoms with E-state index in [-0.39, 0.29) is 5.91 Å². The van der Waals surface area contributed by atoms with Gasteiger partial charge in [-0.2, -0.15) is 0 Å². The molecule has 4 heteroatoms. The molecule has 1 aliphatic carbocycles. The number of hydrogen-bond acceptors (Lipinski definition) is 2. The molecule has 1 aliphatic rings. The van der Waals surface area contributed by atoms with E-state index >= 15 is 0 Å². The van der Waals surface area contributed by atoms with Gasteiger partial charge in [0.2, 0.25) is 5.91 Å². The van der Waals surface area contributed by atoms with Crippen LogP contribution in [0.5, 0.6) is 0 Å². The highest BCUT2D eigenvalue weighted by atomic mass is 16.4. The first-order valence-electron chi connectivity index (χ1n) is 7.98. The van der Waals surface area contributed by atoms with Crippen molar-refractivity contribution in [2.45, 2.75) is 57.4 Å². The van der Waals surface area contributed by atoms with Crippen LogP contribution in [-0.4, -0.2) is 22.5 Å². The first-order valence-corrected chi connectivity index (χ1v) is 7.98. The Morgan fingerprint density at radius 1 is 1.14 bits per heavy atom. The molecule has 22 heavy (non-hydrogen) atoms. The number of carboxylic acids is 1. The highest BCUT2D eigenvalue weighted by Crippen LogP contribution is 2.36. The Hall–Kier alpha value is -1.84. The van der Waals surface area contributed by atoms with E-state index in [1.807, 2.05) is 6.07 Å². The molecule has 0 aliphatic heterocycles. The molecule has 2 rings (SSSR count). The number of carbonyl (C=O) groups excluding carboxylic acids is 1. The minimum atomic E-state index is -1.20. The molecule has 4 nitrogen and oxygen atoms in total. The number of hydrogen-bond donors (Lipinski definition) is 2. The van der Waals surface area contributed by atoms with E-state index in [0.29, 0.717) is 18.3 Å². The molecule has 1 aromatic carbocycles. The predicted octanol–water partition coefficient (Wildman–Crippen LogP) is 3.33. The van der Waals surface area contributed by atoms with E-state index in [4.69, 9.17) is 5.11 Å². The van der Waals surface area contributed by atoms with Gasteiger partial charge in [-0.1, -0.05) is 30.3 Å². The third kappa shape index (κ3) is 4.33. The SMILES string of the molecule is CC(C)(NC(=O)CC1CCC(c2ccccc2)CC1)C(=O)O. The van der Waals surface area contributed by atoms with E-state index in [9.17, 15) is 9.59 Å². The van der Waals surface area contributed by atoms with Crippen LogP contribution in [0, 0.1) is 5.92 Å². The highest BCUT2D eigenvalue weighted by molar-refractivity contribution is 5.86. The summed E-state index contributed by atoms with van der Waals surface area (Å²) in [7, 11) is 0. The predicted molar refractivity (Wildman–Crippen MR) is 85.6 cm³/mol. The van der Waals surface area contributed by atoms with Gasteiger partial charge in [0.05, 0.1) is 0 Å². The lowest BCUT2D eigenvalue weighted by atomic mass is 9.77. The van der Waals surface area contributed by atoms with Crippen molar-refractivity contribution in [2.24, 2.45) is 5.92 Å². The Morgan fingerprint density at radius 3 is 2.27 bits per heavy atom. The summed E-state index contributed by atoms with van der Waals surface area (Å²) in [6.45, 7) is 3.03. The van der Waals surface area contributed by atoms with Crippen LogP contribution in [-0.2, 0) is 9.59 Å². The maximum absolute atomic E-state index is 12.0. The van der Waals surface area contributed by atoms with E-state index in [0.717, 1.165) is 25.7 Å². The second-order valence-electron chi connectivity index (χ2n) is 6.81. The molecule has 0 radical (unpaired) electrons. The minimum absolute atomic E-state index is 0.157. The molecule has 120 valence electrons. The normalized spacial score (nSPS) is 22.1. The standard InChI is InChI=1S/C18H25NO3/c1-18(2,17(21)22)19-16(20)12-13-8-10-15(11-9-13)14-6-4-3-5-7-14/h3-7,13,15H,8-12H2,1-2H3,(H,19,20)(H,21,22). The molecule has 0 spiro atoms. The molecule has 1 amide bonds. The third-order valence-electron chi connectivity index (χ3n) is 4.58. The molecule has 1 fully saturated rings. The monoisotopic (exact) mass is 303 g/mol. The Kier molecular flexibility index (Phi) is 5.22. The fourth-order valence-corrected chi connectivity index (χ4v) is 3.14. The lowest BCUT2D eigenvalue weighted by molar-refractivity contribution is -0.146. The Morgan fingerprint density at radius 2 is 1.73 bits per heavy atom. The van der Waals surface area contributed by atoms with Gasteiger partial charge in [0, 0.05) is 6.42 Å². The summed E-state index contributed by atoms with van der Waals surface area (Å²) in [6.07, 6.45) is 4.69. The fraction of sp³-hybridized carbons (Fsp3) is 0.556. The van der Waals surface area contributed by atoms with Crippen LogP contribution in [0.15, 0.2) is 30.3 Å². The topological polar surface area (TPSA) is 66.4 Å². The zero-order valence-electron chi connectivity index (χ0n) is 13.3. The number of carboxylic acid groups (broad SMARTS) is 1. The number of carbonyl (C=O) groups is 2. The van der Waals surface area contributed by atoms with Crippen molar-refractivity contribution in [3.63, 3.8) is 0 Å². The van der Waals surface area contributed by atoms with Gasteiger partial charge in [0.1, 0.15) is 5.54 Å². The molecule has 1 aromatic rings. The number of aliphatic carboxylic acids is 1. The first-order chi connectivity index (χ1) is 10.4. The molecule has 2 N–H and O–H groups in total. The molecule has 1 saturated carbocycles. The third-order valence-corrected chi connectivity index (χ3v) is 4.58. The largest absolute Gasteiger partial charge is 0.480 e. The molecule has 0 bridgehead atoms. The van der Waals surface area contributed by atoms with Crippen LogP contribution in [0.3, 0.4) is 0 Å². The number of nitrogens with one attached hydrogen (secondary N) is 1. The molecular weight excluding hydrogens is 278 g/mol. The quantitative estimate of drug-likeness (QED) is 0.877. The van der Waals surface area contributed by atoms with Gasteiger partial charge in [-0.15, -0.1) is 0 Å². The van der Waals surface area contributed by atoms with Crippen molar-refractivity contribution >= 4 is 11.9 Å². The van der Waals surface area contributed by atoms with E-state index in [1.165, 1.54) is 19.4 Å². The van der Waals surface area contributed by atoms with Gasteiger partial charge in [-0.05, 0) is 56.9 Å². The summed E-state index contributed by atoms with van der Waals surface area (Å²) in [6, 6.07) is 10.5. The van der Waals surface area contributed by atoms with Crippen molar-refractivity contribution < 1.29 is 14.7 Å². The summed E-state index contributed by atoms with van der Waals surface area (Å²) in [4.78, 5) is 23.0. The summed E-state index contributed by atoms with van der Waals surface area (Å²) < 4.78 is 0. The van der Waals surface area contributed by atoms with Crippen molar-refractivity contribution in [1.82, 2.24) is 5.32 Å². The van der Waals surface area contributed by atoms with Gasteiger partial charge in [0.15, 0.2) is 0 Å². The van der Waals surface area contributed by atoms with Crippen LogP contribution in [0.4, 0.5) is 0 Å². The number of rotatable bonds is 5. The lowest BCUT2D eigenvalue weighted by Gasteiger charge is -2.29. The molecule has 0 saturated heterocycles. The molecule has 0 heterocycles. The maximum atomic E-state index is 12.0. The maximum Gasteiger partial charge on any atom is 0.328 e. The van der Waals surface area contributed by atoms with Crippen LogP contribution in [0.2, 0.25) is 0 Å². The lowest BCUT2D eigenvalue weighted by Crippen LogP contribution is -2.50. The summed E-state index contributed by atoms with van der Waals surface area (Å²) in [5.74, 6) is -0.204.